The van der Waals surface area contributed by atoms with Crippen LogP contribution in [0.15, 0.2) is 70.9 Å². The summed E-state index contributed by atoms with van der Waals surface area (Å²) < 4.78 is 37.3. The molecule has 0 saturated carbocycles. The van der Waals surface area contributed by atoms with Gasteiger partial charge in [-0.1, -0.05) is 13.8 Å². The predicted molar refractivity (Wildman–Crippen MR) is 137 cm³/mol. The summed E-state index contributed by atoms with van der Waals surface area (Å²) in [7, 11) is -2.46. The van der Waals surface area contributed by atoms with E-state index < -0.39 is 26.6 Å². The highest BCUT2D eigenvalue weighted by atomic mass is 32.2. The van der Waals surface area contributed by atoms with Gasteiger partial charge in [-0.05, 0) is 48.0 Å². The van der Waals surface area contributed by atoms with E-state index in [0.29, 0.717) is 5.56 Å². The normalized spacial score (nSPS) is 11.5. The number of esters is 1. The Morgan fingerprint density at radius 1 is 1.16 bits per heavy atom. The zero-order valence-electron chi connectivity index (χ0n) is 20.3. The number of hydrazone groups is 1. The van der Waals surface area contributed by atoms with E-state index in [1.807, 2.05) is 0 Å². The van der Waals surface area contributed by atoms with Crippen LogP contribution in [0, 0.1) is 10.1 Å². The van der Waals surface area contributed by atoms with Gasteiger partial charge in [-0.15, -0.1) is 0 Å². The summed E-state index contributed by atoms with van der Waals surface area (Å²) in [5, 5.41) is 15.6. The molecule has 0 atom stereocenters. The lowest BCUT2D eigenvalue weighted by molar-refractivity contribution is -0.384. The van der Waals surface area contributed by atoms with Gasteiger partial charge < -0.3 is 9.47 Å². The standard InChI is InChI=1S/C24H25N5O7S/c1-4-28(5-2)37(33,34)19-9-10-20(21(14-19)29(31)32)27-26-15-17-8-11-22(23(13-17)35-3)36-24(30)18-7-6-12-25-16-18/h6-16,27H,4-5H2,1-3H3. The summed E-state index contributed by atoms with van der Waals surface area (Å²) in [6.45, 7) is 3.85. The molecule has 37 heavy (non-hydrogen) atoms. The van der Waals surface area contributed by atoms with E-state index in [1.54, 1.807) is 38.1 Å². The van der Waals surface area contributed by atoms with Crippen molar-refractivity contribution < 1.29 is 27.6 Å². The summed E-state index contributed by atoms with van der Waals surface area (Å²) in [6.07, 6.45) is 4.29. The number of carbonyl (C=O) groups is 1. The maximum absolute atomic E-state index is 12.7. The number of pyridine rings is 1. The Hall–Kier alpha value is -4.36. The summed E-state index contributed by atoms with van der Waals surface area (Å²) in [6, 6.07) is 11.4. The lowest BCUT2D eigenvalue weighted by Gasteiger charge is -2.18. The van der Waals surface area contributed by atoms with Crippen molar-refractivity contribution in [3.63, 3.8) is 0 Å². The van der Waals surface area contributed by atoms with Gasteiger partial charge in [0.15, 0.2) is 11.5 Å². The number of rotatable bonds is 11. The van der Waals surface area contributed by atoms with E-state index in [1.165, 1.54) is 48.2 Å². The number of aromatic nitrogens is 1. The highest BCUT2D eigenvalue weighted by Crippen LogP contribution is 2.30. The maximum Gasteiger partial charge on any atom is 0.345 e. The lowest BCUT2D eigenvalue weighted by Crippen LogP contribution is -2.30. The van der Waals surface area contributed by atoms with Crippen molar-refractivity contribution in [1.82, 2.24) is 9.29 Å². The van der Waals surface area contributed by atoms with Crippen LogP contribution in [0.4, 0.5) is 11.4 Å². The summed E-state index contributed by atoms with van der Waals surface area (Å²) in [5.41, 5.74) is 2.95. The van der Waals surface area contributed by atoms with E-state index in [9.17, 15) is 23.3 Å². The van der Waals surface area contributed by atoms with Crippen LogP contribution in [0.5, 0.6) is 11.5 Å². The molecule has 0 aliphatic carbocycles. The fourth-order valence-corrected chi connectivity index (χ4v) is 4.78. The van der Waals surface area contributed by atoms with Gasteiger partial charge in [-0.3, -0.25) is 20.5 Å². The van der Waals surface area contributed by atoms with Crippen LogP contribution in [0.25, 0.3) is 0 Å². The monoisotopic (exact) mass is 527 g/mol. The molecule has 0 aliphatic rings. The number of hydrogen-bond donors (Lipinski definition) is 1. The predicted octanol–water partition coefficient (Wildman–Crippen LogP) is 3.69. The number of nitro benzene ring substituents is 1. The zero-order chi connectivity index (χ0) is 27.0. The second-order valence-corrected chi connectivity index (χ2v) is 9.37. The van der Waals surface area contributed by atoms with Gasteiger partial charge in [0.2, 0.25) is 10.0 Å². The third-order valence-electron chi connectivity index (χ3n) is 5.20. The van der Waals surface area contributed by atoms with E-state index in [0.717, 1.165) is 6.07 Å². The van der Waals surface area contributed by atoms with Crippen LogP contribution in [-0.4, -0.2) is 55.0 Å². The van der Waals surface area contributed by atoms with Crippen LogP contribution in [0.1, 0.15) is 29.8 Å². The second kappa shape index (κ2) is 12.1. The molecule has 0 radical (unpaired) electrons. The van der Waals surface area contributed by atoms with Crippen LogP contribution >= 0.6 is 0 Å². The summed E-state index contributed by atoms with van der Waals surface area (Å²) in [4.78, 5) is 26.9. The highest BCUT2D eigenvalue weighted by molar-refractivity contribution is 7.89. The van der Waals surface area contributed by atoms with Gasteiger partial charge in [-0.25, -0.2) is 13.2 Å². The molecule has 0 spiro atoms. The minimum atomic E-state index is -3.87. The molecular weight excluding hydrogens is 502 g/mol. The molecule has 1 N–H and O–H groups in total. The first-order valence-electron chi connectivity index (χ1n) is 11.1. The van der Waals surface area contributed by atoms with Crippen molar-refractivity contribution in [2.24, 2.45) is 5.10 Å². The fraction of sp³-hybridized carbons (Fsp3) is 0.208. The Morgan fingerprint density at radius 2 is 1.92 bits per heavy atom. The Morgan fingerprint density at radius 3 is 2.54 bits per heavy atom. The molecule has 3 rings (SSSR count). The molecule has 12 nitrogen and oxygen atoms in total. The molecule has 0 fully saturated rings. The molecule has 1 heterocycles. The Bertz CT molecular complexity index is 1410. The second-order valence-electron chi connectivity index (χ2n) is 7.44. The molecule has 13 heteroatoms. The molecule has 1 aromatic heterocycles. The number of sulfonamides is 1. The topological polar surface area (TPSA) is 153 Å². The van der Waals surface area contributed by atoms with Crippen molar-refractivity contribution in [3.05, 3.63) is 82.2 Å². The SMILES string of the molecule is CCN(CC)S(=O)(=O)c1ccc(NN=Cc2ccc(OC(=O)c3cccnc3)c(OC)c2)c([N+](=O)[O-])c1. The highest BCUT2D eigenvalue weighted by Gasteiger charge is 2.25. The number of carbonyl (C=O) groups excluding carboxylic acids is 1. The van der Waals surface area contributed by atoms with Gasteiger partial charge in [0.05, 0.1) is 28.7 Å². The fourth-order valence-electron chi connectivity index (χ4n) is 3.30. The van der Waals surface area contributed by atoms with Crippen molar-refractivity contribution >= 4 is 33.6 Å². The minimum Gasteiger partial charge on any atom is -0.493 e. The summed E-state index contributed by atoms with van der Waals surface area (Å²) >= 11 is 0. The van der Waals surface area contributed by atoms with Crippen molar-refractivity contribution in [2.45, 2.75) is 18.7 Å². The average Bonchev–Trinajstić information content (AvgIpc) is 2.90. The van der Waals surface area contributed by atoms with Crippen LogP contribution < -0.4 is 14.9 Å². The lowest BCUT2D eigenvalue weighted by atomic mass is 10.2. The molecule has 0 bridgehead atoms. The van der Waals surface area contributed by atoms with Crippen molar-refractivity contribution in [1.29, 1.82) is 0 Å². The van der Waals surface area contributed by atoms with E-state index in [2.05, 4.69) is 15.5 Å². The summed E-state index contributed by atoms with van der Waals surface area (Å²) in [5.74, 6) is -0.159. The number of nitrogens with zero attached hydrogens (tertiary/aromatic N) is 4. The van der Waals surface area contributed by atoms with E-state index in [4.69, 9.17) is 9.47 Å². The molecular formula is C24H25N5O7S. The quantitative estimate of drug-likeness (QED) is 0.129. The van der Waals surface area contributed by atoms with E-state index in [-0.39, 0.29) is 40.7 Å². The Labute approximate surface area is 213 Å². The Balaban J connectivity index is 1.78. The van der Waals surface area contributed by atoms with Gasteiger partial charge in [0.1, 0.15) is 5.69 Å². The van der Waals surface area contributed by atoms with Gasteiger partial charge in [0.25, 0.3) is 5.69 Å². The van der Waals surface area contributed by atoms with Crippen LogP contribution in [0.3, 0.4) is 0 Å². The number of nitro groups is 1. The molecule has 2 aromatic carbocycles. The number of methoxy groups -OCH3 is 1. The van der Waals surface area contributed by atoms with Crippen LogP contribution in [0.2, 0.25) is 0 Å². The number of ether oxygens (including phenoxy) is 2. The minimum absolute atomic E-state index is 0.00809. The van der Waals surface area contributed by atoms with Gasteiger partial charge in [-0.2, -0.15) is 9.41 Å². The first-order valence-corrected chi connectivity index (χ1v) is 12.5. The third kappa shape index (κ3) is 6.45. The number of anilines is 1. The Kier molecular flexibility index (Phi) is 8.87. The molecule has 0 unspecified atom stereocenters. The van der Waals surface area contributed by atoms with Gasteiger partial charge >= 0.3 is 5.97 Å². The molecule has 0 amide bonds. The van der Waals surface area contributed by atoms with Crippen molar-refractivity contribution in [3.8, 4) is 11.5 Å². The largest absolute Gasteiger partial charge is 0.493 e. The van der Waals surface area contributed by atoms with Gasteiger partial charge in [0, 0.05) is 31.5 Å². The average molecular weight is 528 g/mol. The maximum atomic E-state index is 12.7. The first-order chi connectivity index (χ1) is 17.7. The third-order valence-corrected chi connectivity index (χ3v) is 7.24. The van der Waals surface area contributed by atoms with E-state index >= 15 is 0 Å². The zero-order valence-corrected chi connectivity index (χ0v) is 21.1. The number of hydrogen-bond acceptors (Lipinski definition) is 10. The first kappa shape index (κ1) is 27.2. The van der Waals surface area contributed by atoms with Crippen molar-refractivity contribution in [2.75, 3.05) is 25.6 Å². The number of nitrogens with one attached hydrogen (secondary N) is 1. The molecule has 0 saturated heterocycles. The molecule has 3 aromatic rings. The molecule has 0 aliphatic heterocycles. The van der Waals surface area contributed by atoms with Crippen LogP contribution in [-0.2, 0) is 10.0 Å². The number of benzene rings is 2. The smallest absolute Gasteiger partial charge is 0.345 e. The molecule has 194 valence electrons.